The van der Waals surface area contributed by atoms with Crippen LogP contribution in [0.25, 0.3) is 0 Å². The quantitative estimate of drug-likeness (QED) is 0.526. The molecular weight excluding hydrogens is 272 g/mol. The van der Waals surface area contributed by atoms with E-state index in [1.807, 2.05) is 0 Å². The second-order valence-corrected chi connectivity index (χ2v) is 9.15. The number of rotatable bonds is 8. The molecule has 0 radical (unpaired) electrons. The monoisotopic (exact) mass is 302 g/mol. The molecule has 1 unspecified atom stereocenters. The number of unbranched alkanes of at least 4 members (excludes halogenated alkanes) is 4. The van der Waals surface area contributed by atoms with Crippen molar-refractivity contribution in [2.75, 3.05) is 0 Å². The van der Waals surface area contributed by atoms with E-state index < -0.39 is 5.97 Å². The summed E-state index contributed by atoms with van der Waals surface area (Å²) in [6, 6.07) is 0. The zero-order valence-electron chi connectivity index (χ0n) is 13.6. The van der Waals surface area contributed by atoms with Crippen molar-refractivity contribution in [2.45, 2.75) is 64.2 Å². The van der Waals surface area contributed by atoms with E-state index in [2.05, 4.69) is 0 Å². The minimum atomic E-state index is -0.636. The second-order valence-electron chi connectivity index (χ2n) is 9.15. The zero-order chi connectivity index (χ0) is 14.8. The van der Waals surface area contributed by atoms with Crippen LogP contribution < -0.4 is 0 Å². The van der Waals surface area contributed by atoms with Gasteiger partial charge in [-0.1, -0.05) is 32.1 Å². The Hall–Kier alpha value is -0.530. The van der Waals surface area contributed by atoms with Gasteiger partial charge >= 0.3 is 5.97 Å². The minimum Gasteiger partial charge on any atom is -0.481 e. The number of aliphatic carboxylic acids is 1. The molecule has 0 heterocycles. The van der Waals surface area contributed by atoms with Gasteiger partial charge in [-0.15, -0.1) is 0 Å². The van der Waals surface area contributed by atoms with Gasteiger partial charge in [-0.05, 0) is 78.9 Å². The highest BCUT2D eigenvalue weighted by atomic mass is 16.4. The van der Waals surface area contributed by atoms with Crippen molar-refractivity contribution in [1.82, 2.24) is 0 Å². The summed E-state index contributed by atoms with van der Waals surface area (Å²) in [5.74, 6) is 10.0. The van der Waals surface area contributed by atoms with E-state index in [9.17, 15) is 4.79 Å². The fraction of sp³-hybridized carbons (Fsp3) is 0.950. The Balaban J connectivity index is 0.995. The minimum absolute atomic E-state index is 0.361. The van der Waals surface area contributed by atoms with E-state index in [1.54, 1.807) is 19.3 Å². The first kappa shape index (κ1) is 13.9. The van der Waals surface area contributed by atoms with E-state index in [-0.39, 0.29) is 0 Å². The molecule has 0 bridgehead atoms. The summed E-state index contributed by atoms with van der Waals surface area (Å²) in [5.41, 5.74) is 0. The van der Waals surface area contributed by atoms with Crippen LogP contribution >= 0.6 is 0 Å². The Bertz CT molecular complexity index is 466. The molecule has 9 atom stereocenters. The molecule has 0 aromatic heterocycles. The third-order valence-corrected chi connectivity index (χ3v) is 8.67. The zero-order valence-corrected chi connectivity index (χ0v) is 13.6. The Morgan fingerprint density at radius 3 is 2.14 bits per heavy atom. The van der Waals surface area contributed by atoms with Gasteiger partial charge in [0.2, 0.25) is 0 Å². The third kappa shape index (κ3) is 1.70. The molecule has 0 saturated heterocycles. The van der Waals surface area contributed by atoms with Gasteiger partial charge in [0.05, 0.1) is 0 Å². The Kier molecular flexibility index (Phi) is 3.14. The van der Waals surface area contributed by atoms with Crippen molar-refractivity contribution in [3.63, 3.8) is 0 Å². The number of carboxylic acids is 1. The van der Waals surface area contributed by atoms with Crippen LogP contribution in [-0.4, -0.2) is 11.1 Å². The standard InChI is InChI=1S/C20H30O2/c21-15(22)7-5-3-1-2-4-6-11-10-14-16(11)20-18-13-9-8-12(13)17(18)19(14)20/h11-14,16-20H,1-10H2,(H,21,22)/t11?,12-,13+,14-,16+,17+,18-,19-,20+/m1/s1. The normalized spacial score (nSPS) is 52.3. The summed E-state index contributed by atoms with van der Waals surface area (Å²) >= 11 is 0. The first-order valence-electron chi connectivity index (χ1n) is 9.99. The summed E-state index contributed by atoms with van der Waals surface area (Å²) in [6.45, 7) is 0. The van der Waals surface area contributed by atoms with Crippen molar-refractivity contribution in [2.24, 2.45) is 53.3 Å². The Morgan fingerprint density at radius 2 is 1.41 bits per heavy atom. The molecule has 2 heteroatoms. The number of hydrogen-bond acceptors (Lipinski definition) is 1. The maximum Gasteiger partial charge on any atom is 0.303 e. The molecule has 22 heavy (non-hydrogen) atoms. The van der Waals surface area contributed by atoms with Crippen LogP contribution in [0, 0.1) is 53.3 Å². The fourth-order valence-electron chi connectivity index (χ4n) is 7.68. The lowest BCUT2D eigenvalue weighted by Gasteiger charge is -2.85. The lowest BCUT2D eigenvalue weighted by molar-refractivity contribution is -0.375. The van der Waals surface area contributed by atoms with Crippen molar-refractivity contribution < 1.29 is 9.90 Å². The van der Waals surface area contributed by atoms with Gasteiger partial charge in [-0.2, -0.15) is 0 Å². The number of hydrogen-bond donors (Lipinski definition) is 1. The van der Waals surface area contributed by atoms with Crippen LogP contribution in [0.5, 0.6) is 0 Å². The molecule has 5 fully saturated rings. The maximum atomic E-state index is 10.5. The second kappa shape index (κ2) is 4.98. The van der Waals surface area contributed by atoms with Crippen LogP contribution in [0.4, 0.5) is 0 Å². The average molecular weight is 302 g/mol. The highest BCUT2D eigenvalue weighted by molar-refractivity contribution is 5.66. The van der Waals surface area contributed by atoms with E-state index in [0.717, 1.165) is 18.8 Å². The summed E-state index contributed by atoms with van der Waals surface area (Å²) in [5, 5.41) is 8.62. The molecule has 5 aliphatic carbocycles. The summed E-state index contributed by atoms with van der Waals surface area (Å²) < 4.78 is 0. The first-order chi connectivity index (χ1) is 10.8. The third-order valence-electron chi connectivity index (χ3n) is 8.67. The smallest absolute Gasteiger partial charge is 0.303 e. The van der Waals surface area contributed by atoms with E-state index in [0.29, 0.717) is 6.42 Å². The van der Waals surface area contributed by atoms with Crippen LogP contribution in [-0.2, 0) is 4.79 Å². The molecule has 0 aliphatic heterocycles. The molecule has 5 aliphatic rings. The van der Waals surface area contributed by atoms with Gasteiger partial charge in [-0.3, -0.25) is 4.79 Å². The molecule has 0 spiro atoms. The predicted molar refractivity (Wildman–Crippen MR) is 85.2 cm³/mol. The van der Waals surface area contributed by atoms with Crippen molar-refractivity contribution in [3.05, 3.63) is 0 Å². The van der Waals surface area contributed by atoms with Gasteiger partial charge in [0.1, 0.15) is 0 Å². The molecule has 0 aromatic carbocycles. The molecule has 5 rings (SSSR count). The SMILES string of the molecule is O=C(O)CCCCCCCC1C[C@@H]2[C@H]1[C@@H]1[C@H]2[C@H]2[C@@H]3CC[C@@H]3[C@H]21. The van der Waals surface area contributed by atoms with Crippen molar-refractivity contribution in [3.8, 4) is 0 Å². The topological polar surface area (TPSA) is 37.3 Å². The molecule has 1 N–H and O–H groups in total. The van der Waals surface area contributed by atoms with E-state index >= 15 is 0 Å². The van der Waals surface area contributed by atoms with Gasteiger partial charge in [0.25, 0.3) is 0 Å². The summed E-state index contributed by atoms with van der Waals surface area (Å²) in [4.78, 5) is 10.5. The van der Waals surface area contributed by atoms with Gasteiger partial charge in [0.15, 0.2) is 0 Å². The molecule has 2 nitrogen and oxygen atoms in total. The van der Waals surface area contributed by atoms with Crippen LogP contribution in [0.3, 0.4) is 0 Å². The van der Waals surface area contributed by atoms with Gasteiger partial charge < -0.3 is 5.11 Å². The summed E-state index contributed by atoms with van der Waals surface area (Å²) in [6.07, 6.45) is 12.5. The van der Waals surface area contributed by atoms with Crippen LogP contribution in [0.2, 0.25) is 0 Å². The molecule has 0 aromatic rings. The maximum absolute atomic E-state index is 10.5. The highest BCUT2D eigenvalue weighted by Crippen LogP contribution is 2.84. The van der Waals surface area contributed by atoms with E-state index in [1.165, 1.54) is 73.0 Å². The van der Waals surface area contributed by atoms with Gasteiger partial charge in [0, 0.05) is 6.42 Å². The Labute approximate surface area is 134 Å². The van der Waals surface area contributed by atoms with Crippen molar-refractivity contribution >= 4 is 5.97 Å². The van der Waals surface area contributed by atoms with Crippen molar-refractivity contribution in [1.29, 1.82) is 0 Å². The summed E-state index contributed by atoms with van der Waals surface area (Å²) in [7, 11) is 0. The number of carboxylic acid groups (broad SMARTS) is 1. The van der Waals surface area contributed by atoms with Crippen LogP contribution in [0.15, 0.2) is 0 Å². The lowest BCUT2D eigenvalue weighted by Crippen LogP contribution is -2.80. The highest BCUT2D eigenvalue weighted by Gasteiger charge is 2.79. The first-order valence-corrected chi connectivity index (χ1v) is 9.99. The van der Waals surface area contributed by atoms with Gasteiger partial charge in [-0.25, -0.2) is 0 Å². The molecule has 122 valence electrons. The molecule has 5 saturated carbocycles. The predicted octanol–water partition coefficient (Wildman–Crippen LogP) is 4.59. The largest absolute Gasteiger partial charge is 0.481 e. The lowest BCUT2D eigenvalue weighted by atomic mass is 9.20. The number of fused-ring (bicyclic) bond motifs is 10. The number of carbonyl (C=O) groups is 1. The molecule has 0 amide bonds. The average Bonchev–Trinajstić information content (AvgIpc) is 2.44. The van der Waals surface area contributed by atoms with E-state index in [4.69, 9.17) is 5.11 Å². The molecular formula is C20H30O2. The fourth-order valence-corrected chi connectivity index (χ4v) is 7.68. The Morgan fingerprint density at radius 1 is 0.773 bits per heavy atom. The van der Waals surface area contributed by atoms with Crippen LogP contribution in [0.1, 0.15) is 64.2 Å².